The molecule has 0 aromatic heterocycles. The maximum Gasteiger partial charge on any atom is 0.234 e. The Morgan fingerprint density at radius 3 is 2.18 bits per heavy atom. The molecule has 0 spiro atoms. The fourth-order valence-electron chi connectivity index (χ4n) is 5.31. The molecule has 0 saturated carbocycles. The first-order valence-electron chi connectivity index (χ1n) is 12.9. The molecule has 0 unspecified atom stereocenters. The third-order valence-electron chi connectivity index (χ3n) is 7.29. The van der Waals surface area contributed by atoms with Crippen molar-refractivity contribution in [2.75, 3.05) is 79.0 Å². The summed E-state index contributed by atoms with van der Waals surface area (Å²) in [6.07, 6.45) is 6.45. The Kier molecular flexibility index (Phi) is 12.2. The molecule has 0 atom stereocenters. The minimum atomic E-state index is 0. The number of rotatable bonds is 7. The van der Waals surface area contributed by atoms with Crippen LogP contribution in [0.1, 0.15) is 52.9 Å². The molecule has 0 bridgehead atoms. The molecule has 0 aromatic rings. The average molecular weight is 578 g/mol. The van der Waals surface area contributed by atoms with E-state index in [2.05, 4.69) is 44.2 Å². The normalized spacial score (nSPS) is 23.3. The Morgan fingerprint density at radius 1 is 0.970 bits per heavy atom. The van der Waals surface area contributed by atoms with E-state index in [0.717, 1.165) is 45.2 Å². The number of nitrogens with one attached hydrogen (secondary N) is 2. The molecule has 0 aromatic carbocycles. The van der Waals surface area contributed by atoms with Gasteiger partial charge in [-0.25, -0.2) is 0 Å². The Morgan fingerprint density at radius 2 is 1.61 bits per heavy atom. The van der Waals surface area contributed by atoms with Gasteiger partial charge in [0.2, 0.25) is 5.91 Å². The molecule has 0 aliphatic carbocycles. The summed E-state index contributed by atoms with van der Waals surface area (Å²) in [5.74, 6) is 1.17. The molecule has 33 heavy (non-hydrogen) atoms. The van der Waals surface area contributed by atoms with Crippen molar-refractivity contribution < 1.29 is 4.79 Å². The lowest BCUT2D eigenvalue weighted by Gasteiger charge is -2.49. The van der Waals surface area contributed by atoms with Gasteiger partial charge in [0.1, 0.15) is 0 Å². The van der Waals surface area contributed by atoms with Crippen LogP contribution in [0.15, 0.2) is 4.99 Å². The van der Waals surface area contributed by atoms with Gasteiger partial charge >= 0.3 is 0 Å². The van der Waals surface area contributed by atoms with E-state index in [4.69, 9.17) is 4.99 Å². The summed E-state index contributed by atoms with van der Waals surface area (Å²) in [6.45, 7) is 16.9. The molecule has 192 valence electrons. The van der Waals surface area contributed by atoms with Crippen LogP contribution in [0.4, 0.5) is 0 Å². The molecule has 2 N–H and O–H groups in total. The van der Waals surface area contributed by atoms with E-state index in [9.17, 15) is 4.79 Å². The molecule has 3 rings (SSSR count). The number of carbonyl (C=O) groups is 1. The number of aliphatic imine (C=N–C) groups is 1. The predicted molar refractivity (Wildman–Crippen MR) is 148 cm³/mol. The van der Waals surface area contributed by atoms with Gasteiger partial charge in [-0.2, -0.15) is 0 Å². The van der Waals surface area contributed by atoms with Crippen LogP contribution >= 0.6 is 24.0 Å². The molecule has 0 radical (unpaired) electrons. The van der Waals surface area contributed by atoms with Crippen molar-refractivity contribution in [1.29, 1.82) is 0 Å². The Hall–Kier alpha value is -0.650. The molecule has 3 fully saturated rings. The fourth-order valence-corrected chi connectivity index (χ4v) is 5.31. The first-order chi connectivity index (χ1) is 15.4. The summed E-state index contributed by atoms with van der Waals surface area (Å²) in [5.41, 5.74) is 0.213. The first-order valence-corrected chi connectivity index (χ1v) is 12.9. The van der Waals surface area contributed by atoms with E-state index in [-0.39, 0.29) is 41.5 Å². The SMILES string of the molecule is CCNC(=NCC1(N2CCCCC2)CCN(C)CC1)N1CCN(CC(=O)NC(C)C)CC1.I. The molecule has 3 heterocycles. The highest BCUT2D eigenvalue weighted by Crippen LogP contribution is 2.31. The first kappa shape index (κ1) is 28.6. The van der Waals surface area contributed by atoms with Crippen molar-refractivity contribution >= 4 is 35.8 Å². The summed E-state index contributed by atoms with van der Waals surface area (Å²) >= 11 is 0. The molecule has 1 amide bonds. The minimum Gasteiger partial charge on any atom is -0.357 e. The van der Waals surface area contributed by atoms with Crippen LogP contribution in [0.2, 0.25) is 0 Å². The quantitative estimate of drug-likeness (QED) is 0.273. The lowest BCUT2D eigenvalue weighted by Crippen LogP contribution is -2.59. The number of guanidine groups is 1. The number of piperazine rings is 1. The van der Waals surface area contributed by atoms with Crippen LogP contribution in [0, 0.1) is 0 Å². The standard InChI is InChI=1S/C24H47N7O.HI/c1-5-25-23(30-17-15-29(16-18-30)19-22(32)27-21(2)3)26-20-24(9-13-28(4)14-10-24)31-11-7-6-8-12-31;/h21H,5-20H2,1-4H3,(H,25,26)(H,27,32);1H. The summed E-state index contributed by atoms with van der Waals surface area (Å²) in [5, 5.41) is 6.55. The summed E-state index contributed by atoms with van der Waals surface area (Å²) < 4.78 is 0. The lowest BCUT2D eigenvalue weighted by molar-refractivity contribution is -0.123. The summed E-state index contributed by atoms with van der Waals surface area (Å²) in [6, 6.07) is 0.197. The van der Waals surface area contributed by atoms with Crippen LogP contribution in [0.25, 0.3) is 0 Å². The summed E-state index contributed by atoms with van der Waals surface area (Å²) in [4.78, 5) is 27.2. The number of halogens is 1. The highest BCUT2D eigenvalue weighted by molar-refractivity contribution is 14.0. The zero-order valence-corrected chi connectivity index (χ0v) is 23.8. The van der Waals surface area contributed by atoms with Crippen molar-refractivity contribution in [3.63, 3.8) is 0 Å². The van der Waals surface area contributed by atoms with E-state index in [1.165, 1.54) is 58.3 Å². The topological polar surface area (TPSA) is 66.5 Å². The van der Waals surface area contributed by atoms with Crippen molar-refractivity contribution in [3.8, 4) is 0 Å². The van der Waals surface area contributed by atoms with Gasteiger partial charge in [0.15, 0.2) is 5.96 Å². The van der Waals surface area contributed by atoms with E-state index >= 15 is 0 Å². The van der Waals surface area contributed by atoms with Crippen LogP contribution in [0.5, 0.6) is 0 Å². The largest absolute Gasteiger partial charge is 0.357 e. The zero-order valence-electron chi connectivity index (χ0n) is 21.4. The van der Waals surface area contributed by atoms with Crippen molar-refractivity contribution in [2.45, 2.75) is 64.5 Å². The van der Waals surface area contributed by atoms with Crippen molar-refractivity contribution in [1.82, 2.24) is 30.2 Å². The van der Waals surface area contributed by atoms with Gasteiger partial charge < -0.3 is 20.4 Å². The van der Waals surface area contributed by atoms with Gasteiger partial charge in [0, 0.05) is 44.3 Å². The molecule has 3 aliphatic rings. The van der Waals surface area contributed by atoms with E-state index in [1.807, 2.05) is 13.8 Å². The Labute approximate surface area is 218 Å². The second-order valence-corrected chi connectivity index (χ2v) is 10.2. The van der Waals surface area contributed by atoms with Gasteiger partial charge in [0.05, 0.1) is 13.1 Å². The lowest BCUT2D eigenvalue weighted by atomic mass is 9.84. The molecule has 3 aliphatic heterocycles. The third-order valence-corrected chi connectivity index (χ3v) is 7.29. The molecule has 3 saturated heterocycles. The number of likely N-dealkylation sites (tertiary alicyclic amines) is 2. The van der Waals surface area contributed by atoms with Gasteiger partial charge in [-0.1, -0.05) is 6.42 Å². The molecular formula is C24H48IN7O. The van der Waals surface area contributed by atoms with E-state index in [1.54, 1.807) is 0 Å². The van der Waals surface area contributed by atoms with Gasteiger partial charge in [-0.05, 0) is 79.7 Å². The zero-order chi connectivity index (χ0) is 23.0. The van der Waals surface area contributed by atoms with E-state index in [0.29, 0.717) is 6.54 Å². The van der Waals surface area contributed by atoms with Gasteiger partial charge in [-0.3, -0.25) is 19.6 Å². The number of amides is 1. The van der Waals surface area contributed by atoms with Crippen LogP contribution in [-0.4, -0.2) is 122 Å². The van der Waals surface area contributed by atoms with Crippen LogP contribution < -0.4 is 10.6 Å². The third kappa shape index (κ3) is 8.50. The summed E-state index contributed by atoms with van der Waals surface area (Å²) in [7, 11) is 2.24. The second kappa shape index (κ2) is 14.0. The van der Waals surface area contributed by atoms with Crippen molar-refractivity contribution in [2.24, 2.45) is 4.99 Å². The number of piperidine rings is 2. The molecular weight excluding hydrogens is 529 g/mol. The molecule has 9 heteroatoms. The minimum absolute atomic E-state index is 0. The average Bonchev–Trinajstić information content (AvgIpc) is 2.78. The maximum atomic E-state index is 12.1. The number of hydrogen-bond acceptors (Lipinski definition) is 5. The highest BCUT2D eigenvalue weighted by Gasteiger charge is 2.39. The van der Waals surface area contributed by atoms with Crippen LogP contribution in [-0.2, 0) is 4.79 Å². The van der Waals surface area contributed by atoms with Crippen LogP contribution in [0.3, 0.4) is 0 Å². The number of nitrogens with zero attached hydrogens (tertiary/aromatic N) is 5. The number of carbonyl (C=O) groups excluding carboxylic acids is 1. The molecule has 8 nitrogen and oxygen atoms in total. The maximum absolute atomic E-state index is 12.1. The van der Waals surface area contributed by atoms with E-state index < -0.39 is 0 Å². The number of hydrogen-bond donors (Lipinski definition) is 2. The highest BCUT2D eigenvalue weighted by atomic mass is 127. The monoisotopic (exact) mass is 577 g/mol. The second-order valence-electron chi connectivity index (χ2n) is 10.2. The van der Waals surface area contributed by atoms with Gasteiger partial charge in [0.25, 0.3) is 0 Å². The Balaban J connectivity index is 0.00000385. The predicted octanol–water partition coefficient (Wildman–Crippen LogP) is 1.66. The smallest absolute Gasteiger partial charge is 0.234 e. The Bertz CT molecular complexity index is 608. The van der Waals surface area contributed by atoms with Crippen molar-refractivity contribution in [3.05, 3.63) is 0 Å². The fraction of sp³-hybridized carbons (Fsp3) is 0.917. The van der Waals surface area contributed by atoms with Gasteiger partial charge in [-0.15, -0.1) is 24.0 Å².